The first-order valence-electron chi connectivity index (χ1n) is 7.65. The molecule has 0 spiro atoms. The van der Waals surface area contributed by atoms with Crippen molar-refractivity contribution in [3.8, 4) is 5.75 Å². The maximum Gasteiger partial charge on any atom is 0.401 e. The number of hydrogen-bond acceptors (Lipinski definition) is 3. The number of rotatable bonds is 6. The Hall–Kier alpha value is -1.83. The van der Waals surface area contributed by atoms with E-state index in [1.54, 1.807) is 6.07 Å². The summed E-state index contributed by atoms with van der Waals surface area (Å²) in [5, 5.41) is 2.70. The molecule has 1 aliphatic rings. The van der Waals surface area contributed by atoms with Crippen LogP contribution in [-0.4, -0.2) is 50.3 Å². The second-order valence-electron chi connectivity index (χ2n) is 5.95. The summed E-state index contributed by atoms with van der Waals surface area (Å²) in [5.41, 5.74) is 0.510. The van der Waals surface area contributed by atoms with E-state index < -0.39 is 18.5 Å². The van der Waals surface area contributed by atoms with Crippen molar-refractivity contribution in [1.82, 2.24) is 10.2 Å². The van der Waals surface area contributed by atoms with Crippen LogP contribution >= 0.6 is 0 Å². The molecule has 1 atom stereocenters. The van der Waals surface area contributed by atoms with Gasteiger partial charge in [0.2, 0.25) is 5.91 Å². The van der Waals surface area contributed by atoms with Gasteiger partial charge in [-0.2, -0.15) is 13.2 Å². The van der Waals surface area contributed by atoms with Gasteiger partial charge in [0.1, 0.15) is 0 Å². The third kappa shape index (κ3) is 5.67. The van der Waals surface area contributed by atoms with Crippen molar-refractivity contribution in [3.63, 3.8) is 0 Å². The van der Waals surface area contributed by atoms with Crippen molar-refractivity contribution >= 4 is 5.91 Å². The van der Waals surface area contributed by atoms with Gasteiger partial charge in [-0.3, -0.25) is 9.69 Å². The predicted octanol–water partition coefficient (Wildman–Crippen LogP) is 2.38. The number of carbonyl (C=O) groups excluding carboxylic acids is 1. The first kappa shape index (κ1) is 18.5. The molecule has 1 amide bonds. The van der Waals surface area contributed by atoms with Gasteiger partial charge in [-0.25, -0.2) is 4.39 Å². The van der Waals surface area contributed by atoms with E-state index in [-0.39, 0.29) is 24.0 Å². The standard InChI is InChI=1S/C16H20F4N2O2/c1-24-14-3-2-11(6-13(14)17)7-15(23)21-8-12-4-5-22(9-12)10-16(18,19)20/h2-3,6,12H,4-5,7-10H2,1H3,(H,21,23)/t12-/m1/s1. The van der Waals surface area contributed by atoms with E-state index in [1.807, 2.05) is 0 Å². The summed E-state index contributed by atoms with van der Waals surface area (Å²) in [6.45, 7) is 0.106. The molecule has 24 heavy (non-hydrogen) atoms. The minimum absolute atomic E-state index is 0.00361. The van der Waals surface area contributed by atoms with Gasteiger partial charge in [0.25, 0.3) is 0 Å². The van der Waals surface area contributed by atoms with Crippen LogP contribution in [0.3, 0.4) is 0 Å². The molecule has 1 aromatic rings. The predicted molar refractivity (Wildman–Crippen MR) is 80.3 cm³/mol. The van der Waals surface area contributed by atoms with Gasteiger partial charge in [-0.05, 0) is 36.6 Å². The Morgan fingerprint density at radius 1 is 1.42 bits per heavy atom. The van der Waals surface area contributed by atoms with E-state index in [1.165, 1.54) is 24.1 Å². The number of halogens is 4. The van der Waals surface area contributed by atoms with Crippen molar-refractivity contribution in [2.75, 3.05) is 33.3 Å². The lowest BCUT2D eigenvalue weighted by molar-refractivity contribution is -0.143. The lowest BCUT2D eigenvalue weighted by Gasteiger charge is -2.18. The number of benzene rings is 1. The van der Waals surface area contributed by atoms with Gasteiger partial charge in [-0.15, -0.1) is 0 Å². The van der Waals surface area contributed by atoms with E-state index in [2.05, 4.69) is 5.32 Å². The molecular formula is C16H20F4N2O2. The minimum Gasteiger partial charge on any atom is -0.494 e. The molecule has 1 saturated heterocycles. The number of methoxy groups -OCH3 is 1. The summed E-state index contributed by atoms with van der Waals surface area (Å²) >= 11 is 0. The van der Waals surface area contributed by atoms with Crippen molar-refractivity contribution < 1.29 is 27.1 Å². The smallest absolute Gasteiger partial charge is 0.401 e. The van der Waals surface area contributed by atoms with E-state index in [0.717, 1.165) is 0 Å². The van der Waals surface area contributed by atoms with Gasteiger partial charge in [0, 0.05) is 13.1 Å². The van der Waals surface area contributed by atoms with E-state index in [9.17, 15) is 22.4 Å². The number of amides is 1. The number of nitrogens with zero attached hydrogens (tertiary/aromatic N) is 1. The highest BCUT2D eigenvalue weighted by atomic mass is 19.4. The monoisotopic (exact) mass is 348 g/mol. The highest BCUT2D eigenvalue weighted by Gasteiger charge is 2.34. The van der Waals surface area contributed by atoms with Gasteiger partial charge >= 0.3 is 6.18 Å². The zero-order chi connectivity index (χ0) is 17.7. The van der Waals surface area contributed by atoms with Gasteiger partial charge in [-0.1, -0.05) is 6.07 Å². The number of hydrogen-bond donors (Lipinski definition) is 1. The lowest BCUT2D eigenvalue weighted by Crippen LogP contribution is -2.35. The summed E-state index contributed by atoms with van der Waals surface area (Å²) in [4.78, 5) is 13.2. The average molecular weight is 348 g/mol. The van der Waals surface area contributed by atoms with E-state index in [4.69, 9.17) is 4.74 Å². The second-order valence-corrected chi connectivity index (χ2v) is 5.95. The SMILES string of the molecule is COc1ccc(CC(=O)NC[C@H]2CCN(CC(F)(F)F)C2)cc1F. The van der Waals surface area contributed by atoms with Crippen LogP contribution < -0.4 is 10.1 Å². The Labute approximate surface area is 137 Å². The van der Waals surface area contributed by atoms with Crippen LogP contribution in [-0.2, 0) is 11.2 Å². The molecule has 0 radical (unpaired) electrons. The first-order chi connectivity index (χ1) is 11.3. The molecule has 0 aromatic heterocycles. The van der Waals surface area contributed by atoms with Crippen LogP contribution in [0.5, 0.6) is 5.75 Å². The lowest BCUT2D eigenvalue weighted by atomic mass is 10.1. The highest BCUT2D eigenvalue weighted by Crippen LogP contribution is 2.22. The molecule has 0 unspecified atom stereocenters. The quantitative estimate of drug-likeness (QED) is 0.803. The minimum atomic E-state index is -4.20. The fourth-order valence-electron chi connectivity index (χ4n) is 2.80. The number of nitrogens with one attached hydrogen (secondary N) is 1. The fraction of sp³-hybridized carbons (Fsp3) is 0.562. The normalized spacial score (nSPS) is 18.6. The molecular weight excluding hydrogens is 328 g/mol. The summed E-state index contributed by atoms with van der Waals surface area (Å²) < 4.78 is 55.3. The average Bonchev–Trinajstić information content (AvgIpc) is 2.91. The molecule has 134 valence electrons. The largest absolute Gasteiger partial charge is 0.494 e. The van der Waals surface area contributed by atoms with E-state index in [0.29, 0.717) is 31.6 Å². The van der Waals surface area contributed by atoms with Gasteiger partial charge in [0.05, 0.1) is 20.1 Å². The summed E-state index contributed by atoms with van der Waals surface area (Å²) in [7, 11) is 1.36. The summed E-state index contributed by atoms with van der Waals surface area (Å²) in [6, 6.07) is 4.28. The molecule has 0 aliphatic carbocycles. The van der Waals surface area contributed by atoms with Crippen molar-refractivity contribution in [2.45, 2.75) is 19.0 Å². The van der Waals surface area contributed by atoms with Crippen molar-refractivity contribution in [2.24, 2.45) is 5.92 Å². The maximum absolute atomic E-state index is 13.6. The van der Waals surface area contributed by atoms with Crippen LogP contribution in [0.25, 0.3) is 0 Å². The molecule has 0 saturated carbocycles. The van der Waals surface area contributed by atoms with Crippen LogP contribution in [0.15, 0.2) is 18.2 Å². The molecule has 1 heterocycles. The zero-order valence-electron chi connectivity index (χ0n) is 13.3. The third-order valence-electron chi connectivity index (χ3n) is 3.94. The third-order valence-corrected chi connectivity index (χ3v) is 3.94. The van der Waals surface area contributed by atoms with Gasteiger partial charge < -0.3 is 10.1 Å². The molecule has 0 bridgehead atoms. The Kier molecular flexibility index (Phi) is 6.04. The molecule has 1 aromatic carbocycles. The van der Waals surface area contributed by atoms with E-state index >= 15 is 0 Å². The maximum atomic E-state index is 13.6. The van der Waals surface area contributed by atoms with Crippen molar-refractivity contribution in [3.05, 3.63) is 29.6 Å². The molecule has 1 fully saturated rings. The second kappa shape index (κ2) is 7.83. The van der Waals surface area contributed by atoms with Gasteiger partial charge in [0.15, 0.2) is 11.6 Å². The van der Waals surface area contributed by atoms with Crippen LogP contribution in [0.2, 0.25) is 0 Å². The Bertz CT molecular complexity index is 578. The topological polar surface area (TPSA) is 41.6 Å². The highest BCUT2D eigenvalue weighted by molar-refractivity contribution is 5.78. The summed E-state index contributed by atoms with van der Waals surface area (Å²) in [5.74, 6) is -0.714. The molecule has 4 nitrogen and oxygen atoms in total. The number of carbonyl (C=O) groups is 1. The number of alkyl halides is 3. The molecule has 1 aliphatic heterocycles. The Morgan fingerprint density at radius 3 is 2.79 bits per heavy atom. The Balaban J connectivity index is 1.75. The number of likely N-dealkylation sites (tertiary alicyclic amines) is 1. The van der Waals surface area contributed by atoms with Crippen LogP contribution in [0.1, 0.15) is 12.0 Å². The van der Waals surface area contributed by atoms with Crippen molar-refractivity contribution in [1.29, 1.82) is 0 Å². The number of ether oxygens (including phenoxy) is 1. The fourth-order valence-corrected chi connectivity index (χ4v) is 2.80. The molecule has 8 heteroatoms. The van der Waals surface area contributed by atoms with Crippen LogP contribution in [0, 0.1) is 11.7 Å². The Morgan fingerprint density at radius 2 is 2.17 bits per heavy atom. The van der Waals surface area contributed by atoms with Crippen LogP contribution in [0.4, 0.5) is 17.6 Å². The zero-order valence-corrected chi connectivity index (χ0v) is 13.3. The molecule has 1 N–H and O–H groups in total. The first-order valence-corrected chi connectivity index (χ1v) is 7.65. The molecule has 2 rings (SSSR count). The summed E-state index contributed by atoms with van der Waals surface area (Å²) in [6.07, 6.45) is -3.57.